The number of ketones is 1. The van der Waals surface area contributed by atoms with Crippen LogP contribution in [-0.2, 0) is 0 Å². The molecule has 5 nitrogen and oxygen atoms in total. The number of hydrogen-bond acceptors (Lipinski definition) is 4. The van der Waals surface area contributed by atoms with E-state index in [0.29, 0.717) is 16.8 Å². The van der Waals surface area contributed by atoms with Gasteiger partial charge in [0.1, 0.15) is 0 Å². The molecule has 24 heavy (non-hydrogen) atoms. The van der Waals surface area contributed by atoms with Crippen LogP contribution in [0.15, 0.2) is 42.7 Å². The fourth-order valence-electron chi connectivity index (χ4n) is 2.87. The molecule has 124 valence electrons. The highest BCUT2D eigenvalue weighted by Crippen LogP contribution is 2.20. The molecule has 1 aromatic carbocycles. The number of piperidine rings is 1. The van der Waals surface area contributed by atoms with E-state index in [-0.39, 0.29) is 11.7 Å². The third kappa shape index (κ3) is 3.79. The van der Waals surface area contributed by atoms with Gasteiger partial charge >= 0.3 is 0 Å². The standard InChI is InChI=1S/C19H21N3O2/c1-14(23)15-5-7-17(8-6-15)21-19(24)16-11-18(13-20-12-16)22-9-3-2-4-10-22/h5-8,11-13H,2-4,9-10H2,1H3,(H,21,24). The van der Waals surface area contributed by atoms with Gasteiger partial charge in [-0.3, -0.25) is 14.6 Å². The number of Topliss-reactive ketones (excluding diaryl/α,β-unsaturated/α-hetero) is 1. The van der Waals surface area contributed by atoms with Crippen molar-refractivity contribution < 1.29 is 9.59 Å². The molecule has 0 saturated carbocycles. The van der Waals surface area contributed by atoms with E-state index in [9.17, 15) is 9.59 Å². The number of benzene rings is 1. The lowest BCUT2D eigenvalue weighted by molar-refractivity contribution is 0.101. The largest absolute Gasteiger partial charge is 0.370 e. The van der Waals surface area contributed by atoms with Gasteiger partial charge in [-0.15, -0.1) is 0 Å². The van der Waals surface area contributed by atoms with Crippen molar-refractivity contribution in [3.05, 3.63) is 53.9 Å². The van der Waals surface area contributed by atoms with Crippen molar-refractivity contribution in [2.75, 3.05) is 23.3 Å². The zero-order valence-corrected chi connectivity index (χ0v) is 13.8. The van der Waals surface area contributed by atoms with E-state index in [2.05, 4.69) is 15.2 Å². The molecule has 5 heteroatoms. The molecule has 1 amide bonds. The van der Waals surface area contributed by atoms with Crippen molar-refractivity contribution in [1.82, 2.24) is 4.98 Å². The molecule has 3 rings (SSSR count). The summed E-state index contributed by atoms with van der Waals surface area (Å²) < 4.78 is 0. The summed E-state index contributed by atoms with van der Waals surface area (Å²) in [6.45, 7) is 3.55. The first-order chi connectivity index (χ1) is 11.6. The highest BCUT2D eigenvalue weighted by molar-refractivity contribution is 6.04. The average Bonchev–Trinajstić information content (AvgIpc) is 2.63. The van der Waals surface area contributed by atoms with Crippen LogP contribution in [0.4, 0.5) is 11.4 Å². The molecule has 2 aromatic rings. The Morgan fingerprint density at radius 1 is 1.00 bits per heavy atom. The van der Waals surface area contributed by atoms with Gasteiger partial charge in [0.2, 0.25) is 0 Å². The Morgan fingerprint density at radius 3 is 2.38 bits per heavy atom. The van der Waals surface area contributed by atoms with Crippen molar-refractivity contribution >= 4 is 23.1 Å². The number of nitrogens with one attached hydrogen (secondary N) is 1. The predicted octanol–water partition coefficient (Wildman–Crippen LogP) is 3.53. The van der Waals surface area contributed by atoms with Crippen LogP contribution >= 0.6 is 0 Å². The summed E-state index contributed by atoms with van der Waals surface area (Å²) in [5.41, 5.74) is 2.82. The third-order valence-corrected chi connectivity index (χ3v) is 4.26. The lowest BCUT2D eigenvalue weighted by atomic mass is 10.1. The molecule has 0 aliphatic carbocycles. The highest BCUT2D eigenvalue weighted by Gasteiger charge is 2.14. The zero-order valence-electron chi connectivity index (χ0n) is 13.8. The molecule has 1 aliphatic heterocycles. The van der Waals surface area contributed by atoms with Gasteiger partial charge < -0.3 is 10.2 Å². The van der Waals surface area contributed by atoms with E-state index < -0.39 is 0 Å². The first kappa shape index (κ1) is 16.2. The number of amides is 1. The van der Waals surface area contributed by atoms with Crippen molar-refractivity contribution in [2.24, 2.45) is 0 Å². The molecule has 0 atom stereocenters. The third-order valence-electron chi connectivity index (χ3n) is 4.26. The summed E-state index contributed by atoms with van der Waals surface area (Å²) >= 11 is 0. The fourth-order valence-corrected chi connectivity index (χ4v) is 2.87. The molecule has 1 N–H and O–H groups in total. The van der Waals surface area contributed by atoms with E-state index in [1.54, 1.807) is 30.5 Å². The van der Waals surface area contributed by atoms with Crippen LogP contribution in [0.1, 0.15) is 46.9 Å². The topological polar surface area (TPSA) is 62.3 Å². The van der Waals surface area contributed by atoms with Gasteiger partial charge in [-0.1, -0.05) is 0 Å². The van der Waals surface area contributed by atoms with Crippen molar-refractivity contribution in [2.45, 2.75) is 26.2 Å². The Balaban J connectivity index is 1.71. The number of rotatable bonds is 4. The van der Waals surface area contributed by atoms with Gasteiger partial charge in [-0.2, -0.15) is 0 Å². The molecule has 0 bridgehead atoms. The number of carbonyl (C=O) groups excluding carboxylic acids is 2. The van der Waals surface area contributed by atoms with Crippen molar-refractivity contribution in [1.29, 1.82) is 0 Å². The summed E-state index contributed by atoms with van der Waals surface area (Å²) in [7, 11) is 0. The molecular formula is C19H21N3O2. The van der Waals surface area contributed by atoms with Gasteiger partial charge in [-0.05, 0) is 56.5 Å². The minimum absolute atomic E-state index is 0.00584. The van der Waals surface area contributed by atoms with Gasteiger partial charge in [0.05, 0.1) is 17.4 Å². The van der Waals surface area contributed by atoms with Crippen LogP contribution in [0.2, 0.25) is 0 Å². The van der Waals surface area contributed by atoms with Crippen molar-refractivity contribution in [3.63, 3.8) is 0 Å². The number of pyridine rings is 1. The summed E-state index contributed by atoms with van der Waals surface area (Å²) in [6.07, 6.45) is 7.01. The molecule has 1 saturated heterocycles. The average molecular weight is 323 g/mol. The maximum absolute atomic E-state index is 12.4. The Morgan fingerprint density at radius 2 is 1.71 bits per heavy atom. The van der Waals surface area contributed by atoms with Crippen LogP contribution in [0.3, 0.4) is 0 Å². The first-order valence-electron chi connectivity index (χ1n) is 8.26. The van der Waals surface area contributed by atoms with Gasteiger partial charge in [-0.25, -0.2) is 0 Å². The minimum Gasteiger partial charge on any atom is -0.370 e. The van der Waals surface area contributed by atoms with Crippen LogP contribution in [0, 0.1) is 0 Å². The number of nitrogens with zero attached hydrogens (tertiary/aromatic N) is 2. The second kappa shape index (κ2) is 7.25. The minimum atomic E-state index is -0.197. The maximum Gasteiger partial charge on any atom is 0.257 e. The molecule has 0 spiro atoms. The number of anilines is 2. The van der Waals surface area contributed by atoms with E-state index >= 15 is 0 Å². The Bertz CT molecular complexity index is 735. The molecule has 0 radical (unpaired) electrons. The van der Waals surface area contributed by atoms with Gasteiger partial charge in [0.25, 0.3) is 5.91 Å². The molecule has 0 unspecified atom stereocenters. The smallest absolute Gasteiger partial charge is 0.257 e. The monoisotopic (exact) mass is 323 g/mol. The number of hydrogen-bond donors (Lipinski definition) is 1. The molecule has 1 fully saturated rings. The first-order valence-corrected chi connectivity index (χ1v) is 8.26. The number of carbonyl (C=O) groups is 2. The maximum atomic E-state index is 12.4. The molecular weight excluding hydrogens is 302 g/mol. The van der Waals surface area contributed by atoms with Crippen LogP contribution in [0.25, 0.3) is 0 Å². The zero-order chi connectivity index (χ0) is 16.9. The van der Waals surface area contributed by atoms with Crippen molar-refractivity contribution in [3.8, 4) is 0 Å². The van der Waals surface area contributed by atoms with E-state index in [1.165, 1.54) is 26.2 Å². The summed E-state index contributed by atoms with van der Waals surface area (Å²) in [5, 5.41) is 2.85. The Hall–Kier alpha value is -2.69. The van der Waals surface area contributed by atoms with Gasteiger partial charge in [0.15, 0.2) is 5.78 Å². The lowest BCUT2D eigenvalue weighted by Crippen LogP contribution is -2.29. The second-order valence-electron chi connectivity index (χ2n) is 6.07. The van der Waals surface area contributed by atoms with Crippen LogP contribution in [0.5, 0.6) is 0 Å². The molecule has 2 heterocycles. The SMILES string of the molecule is CC(=O)c1ccc(NC(=O)c2cncc(N3CCCCC3)c2)cc1. The summed E-state index contributed by atoms with van der Waals surface area (Å²) in [4.78, 5) is 30.2. The lowest BCUT2D eigenvalue weighted by Gasteiger charge is -2.28. The van der Waals surface area contributed by atoms with E-state index in [1.807, 2.05) is 12.3 Å². The molecule has 1 aromatic heterocycles. The van der Waals surface area contributed by atoms with Crippen LogP contribution in [-0.4, -0.2) is 29.8 Å². The summed E-state index contributed by atoms with van der Waals surface area (Å²) in [5.74, 6) is -0.191. The molecule has 1 aliphatic rings. The van der Waals surface area contributed by atoms with E-state index in [4.69, 9.17) is 0 Å². The number of aromatic nitrogens is 1. The second-order valence-corrected chi connectivity index (χ2v) is 6.07. The summed E-state index contributed by atoms with van der Waals surface area (Å²) in [6, 6.07) is 8.77. The van der Waals surface area contributed by atoms with E-state index in [0.717, 1.165) is 18.8 Å². The predicted molar refractivity (Wildman–Crippen MR) is 94.7 cm³/mol. The normalized spacial score (nSPS) is 14.3. The quantitative estimate of drug-likeness (QED) is 0.874. The highest BCUT2D eigenvalue weighted by atomic mass is 16.1. The Kier molecular flexibility index (Phi) is 4.89. The Labute approximate surface area is 141 Å². The van der Waals surface area contributed by atoms with Gasteiger partial charge in [0, 0.05) is 30.5 Å². The fraction of sp³-hybridized carbons (Fsp3) is 0.316. The van der Waals surface area contributed by atoms with Crippen LogP contribution < -0.4 is 10.2 Å².